The van der Waals surface area contributed by atoms with Crippen molar-refractivity contribution >= 4 is 5.91 Å². The Balaban J connectivity index is 1.97. The second kappa shape index (κ2) is 6.93. The number of nitrogens with one attached hydrogen (secondary N) is 1. The van der Waals surface area contributed by atoms with Crippen molar-refractivity contribution in [1.29, 1.82) is 0 Å². The standard InChI is InChI=1S/C16H26N2O2/c1-4-8-17-14-6-9-18(11-12(14)3)16(19)13-7-10-20-15(13)5-2/h7,10,12,14,17H,4-6,8-9,11H2,1-3H3. The highest BCUT2D eigenvalue weighted by atomic mass is 16.3. The predicted octanol–water partition coefficient (Wildman–Crippen LogP) is 2.69. The molecule has 0 aromatic carbocycles. The van der Waals surface area contributed by atoms with E-state index in [4.69, 9.17) is 4.42 Å². The van der Waals surface area contributed by atoms with Gasteiger partial charge in [-0.25, -0.2) is 0 Å². The van der Waals surface area contributed by atoms with Crippen molar-refractivity contribution in [3.8, 4) is 0 Å². The highest BCUT2D eigenvalue weighted by Gasteiger charge is 2.29. The molecule has 1 N–H and O–H groups in total. The normalized spacial score (nSPS) is 23.1. The van der Waals surface area contributed by atoms with Gasteiger partial charge in [0, 0.05) is 25.6 Å². The molecule has 1 amide bonds. The summed E-state index contributed by atoms with van der Waals surface area (Å²) in [6.45, 7) is 9.14. The Bertz CT molecular complexity index is 441. The van der Waals surface area contributed by atoms with Crippen LogP contribution in [0.3, 0.4) is 0 Å². The molecule has 1 aromatic heterocycles. The predicted molar refractivity (Wildman–Crippen MR) is 79.9 cm³/mol. The summed E-state index contributed by atoms with van der Waals surface area (Å²) in [6.07, 6.45) is 4.57. The van der Waals surface area contributed by atoms with E-state index in [9.17, 15) is 4.79 Å². The summed E-state index contributed by atoms with van der Waals surface area (Å²) in [5.74, 6) is 1.42. The van der Waals surface area contributed by atoms with Crippen molar-refractivity contribution in [3.05, 3.63) is 23.7 Å². The number of likely N-dealkylation sites (tertiary alicyclic amines) is 1. The summed E-state index contributed by atoms with van der Waals surface area (Å²) in [7, 11) is 0. The van der Waals surface area contributed by atoms with Crippen LogP contribution in [0.25, 0.3) is 0 Å². The Morgan fingerprint density at radius 2 is 2.30 bits per heavy atom. The smallest absolute Gasteiger partial charge is 0.257 e. The molecule has 4 nitrogen and oxygen atoms in total. The van der Waals surface area contributed by atoms with Crippen LogP contribution < -0.4 is 5.32 Å². The number of furan rings is 1. The average molecular weight is 278 g/mol. The zero-order valence-corrected chi connectivity index (χ0v) is 12.8. The first-order valence-electron chi connectivity index (χ1n) is 7.76. The fourth-order valence-corrected chi connectivity index (χ4v) is 2.94. The van der Waals surface area contributed by atoms with Gasteiger partial charge in [0.2, 0.25) is 0 Å². The maximum Gasteiger partial charge on any atom is 0.257 e. The fourth-order valence-electron chi connectivity index (χ4n) is 2.94. The Kier molecular flexibility index (Phi) is 5.24. The van der Waals surface area contributed by atoms with Crippen LogP contribution in [0.5, 0.6) is 0 Å². The Morgan fingerprint density at radius 1 is 1.50 bits per heavy atom. The molecule has 1 aliphatic rings. The second-order valence-corrected chi connectivity index (χ2v) is 5.69. The van der Waals surface area contributed by atoms with Crippen LogP contribution in [-0.4, -0.2) is 36.5 Å². The molecule has 0 aliphatic carbocycles. The number of piperidine rings is 1. The molecule has 2 heterocycles. The van der Waals surface area contributed by atoms with Crippen LogP contribution >= 0.6 is 0 Å². The summed E-state index contributed by atoms with van der Waals surface area (Å²) in [4.78, 5) is 14.5. The van der Waals surface area contributed by atoms with Crippen LogP contribution in [-0.2, 0) is 6.42 Å². The van der Waals surface area contributed by atoms with E-state index in [-0.39, 0.29) is 5.91 Å². The topological polar surface area (TPSA) is 45.5 Å². The molecule has 1 aromatic rings. The minimum Gasteiger partial charge on any atom is -0.469 e. The van der Waals surface area contributed by atoms with Crippen molar-refractivity contribution < 1.29 is 9.21 Å². The van der Waals surface area contributed by atoms with Crippen molar-refractivity contribution in [2.24, 2.45) is 5.92 Å². The molecule has 0 saturated carbocycles. The van der Waals surface area contributed by atoms with Gasteiger partial charge in [0.25, 0.3) is 5.91 Å². The minimum absolute atomic E-state index is 0.122. The van der Waals surface area contributed by atoms with Gasteiger partial charge < -0.3 is 14.6 Å². The summed E-state index contributed by atoms with van der Waals surface area (Å²) in [5, 5.41) is 3.58. The lowest BCUT2D eigenvalue weighted by Crippen LogP contribution is -2.50. The third-order valence-electron chi connectivity index (χ3n) is 4.15. The Morgan fingerprint density at radius 3 is 2.95 bits per heavy atom. The zero-order chi connectivity index (χ0) is 14.5. The van der Waals surface area contributed by atoms with E-state index in [0.29, 0.717) is 12.0 Å². The van der Waals surface area contributed by atoms with Gasteiger partial charge in [0.1, 0.15) is 5.76 Å². The van der Waals surface area contributed by atoms with Gasteiger partial charge in [-0.1, -0.05) is 20.8 Å². The lowest BCUT2D eigenvalue weighted by molar-refractivity contribution is 0.0643. The lowest BCUT2D eigenvalue weighted by Gasteiger charge is -2.37. The van der Waals surface area contributed by atoms with Gasteiger partial charge >= 0.3 is 0 Å². The number of amides is 1. The fraction of sp³-hybridized carbons (Fsp3) is 0.688. The molecule has 0 bridgehead atoms. The molecule has 20 heavy (non-hydrogen) atoms. The molecule has 2 atom stereocenters. The van der Waals surface area contributed by atoms with Gasteiger partial charge in [0.05, 0.1) is 11.8 Å². The molecule has 0 radical (unpaired) electrons. The second-order valence-electron chi connectivity index (χ2n) is 5.69. The van der Waals surface area contributed by atoms with Gasteiger partial charge in [-0.15, -0.1) is 0 Å². The quantitative estimate of drug-likeness (QED) is 0.900. The molecule has 1 fully saturated rings. The molecule has 2 rings (SSSR count). The van der Waals surface area contributed by atoms with Crippen LogP contribution in [0.4, 0.5) is 0 Å². The molecule has 2 unspecified atom stereocenters. The molecule has 112 valence electrons. The summed E-state index contributed by atoms with van der Waals surface area (Å²) in [6, 6.07) is 2.33. The number of rotatable bonds is 5. The van der Waals surface area contributed by atoms with E-state index in [1.54, 1.807) is 12.3 Å². The molecular formula is C16H26N2O2. The van der Waals surface area contributed by atoms with Crippen molar-refractivity contribution in [2.45, 2.75) is 46.1 Å². The maximum absolute atomic E-state index is 12.6. The summed E-state index contributed by atoms with van der Waals surface area (Å²) in [5.41, 5.74) is 0.736. The number of carbonyl (C=O) groups is 1. The first-order chi connectivity index (χ1) is 9.67. The van der Waals surface area contributed by atoms with E-state index in [2.05, 4.69) is 19.2 Å². The molecule has 1 aliphatic heterocycles. The van der Waals surface area contributed by atoms with E-state index in [0.717, 1.165) is 50.2 Å². The van der Waals surface area contributed by atoms with E-state index in [1.807, 2.05) is 11.8 Å². The third-order valence-corrected chi connectivity index (χ3v) is 4.15. The Hall–Kier alpha value is -1.29. The number of hydrogen-bond donors (Lipinski definition) is 1. The van der Waals surface area contributed by atoms with Crippen molar-refractivity contribution in [1.82, 2.24) is 10.2 Å². The Labute approximate surface area is 121 Å². The highest BCUT2D eigenvalue weighted by Crippen LogP contribution is 2.21. The first-order valence-corrected chi connectivity index (χ1v) is 7.76. The summed E-state index contributed by atoms with van der Waals surface area (Å²) < 4.78 is 5.37. The van der Waals surface area contributed by atoms with Crippen LogP contribution in [0, 0.1) is 5.92 Å². The number of aryl methyl sites for hydroxylation is 1. The van der Waals surface area contributed by atoms with Crippen molar-refractivity contribution in [2.75, 3.05) is 19.6 Å². The monoisotopic (exact) mass is 278 g/mol. The highest BCUT2D eigenvalue weighted by molar-refractivity contribution is 5.95. The first kappa shape index (κ1) is 15.1. The van der Waals surface area contributed by atoms with E-state index < -0.39 is 0 Å². The largest absolute Gasteiger partial charge is 0.469 e. The van der Waals surface area contributed by atoms with Gasteiger partial charge in [-0.3, -0.25) is 4.79 Å². The van der Waals surface area contributed by atoms with Gasteiger partial charge in [-0.05, 0) is 31.4 Å². The van der Waals surface area contributed by atoms with Gasteiger partial charge in [-0.2, -0.15) is 0 Å². The van der Waals surface area contributed by atoms with Crippen LogP contribution in [0.1, 0.15) is 49.7 Å². The SMILES string of the molecule is CCCNC1CCN(C(=O)c2ccoc2CC)CC1C. The molecule has 1 saturated heterocycles. The third kappa shape index (κ3) is 3.23. The number of nitrogens with zero attached hydrogens (tertiary/aromatic N) is 1. The number of carbonyl (C=O) groups excluding carboxylic acids is 1. The van der Waals surface area contributed by atoms with Crippen LogP contribution in [0.2, 0.25) is 0 Å². The molecule has 0 spiro atoms. The van der Waals surface area contributed by atoms with Crippen LogP contribution in [0.15, 0.2) is 16.7 Å². The lowest BCUT2D eigenvalue weighted by atomic mass is 9.93. The summed E-state index contributed by atoms with van der Waals surface area (Å²) >= 11 is 0. The number of hydrogen-bond acceptors (Lipinski definition) is 3. The maximum atomic E-state index is 12.6. The molecule has 4 heteroatoms. The molecular weight excluding hydrogens is 252 g/mol. The zero-order valence-electron chi connectivity index (χ0n) is 12.8. The average Bonchev–Trinajstić information content (AvgIpc) is 2.93. The minimum atomic E-state index is 0.122. The van der Waals surface area contributed by atoms with E-state index in [1.165, 1.54) is 0 Å². The van der Waals surface area contributed by atoms with Gasteiger partial charge in [0.15, 0.2) is 0 Å². The van der Waals surface area contributed by atoms with Crippen molar-refractivity contribution in [3.63, 3.8) is 0 Å². The van der Waals surface area contributed by atoms with E-state index >= 15 is 0 Å².